The Kier molecular flexibility index (Phi) is 6.18. The molecule has 2 aromatic carbocycles. The van der Waals surface area contributed by atoms with Crippen LogP contribution in [0.3, 0.4) is 0 Å². The Morgan fingerprint density at radius 3 is 2.33 bits per heavy atom. The fourth-order valence-electron chi connectivity index (χ4n) is 3.67. The smallest absolute Gasteiger partial charge is 0.367 e. The average molecular weight is 435 g/mol. The summed E-state index contributed by atoms with van der Waals surface area (Å²) >= 11 is 1.57. The molecule has 0 N–H and O–H groups in total. The second kappa shape index (κ2) is 8.08. The lowest BCUT2D eigenvalue weighted by Crippen LogP contribution is -2.24. The van der Waals surface area contributed by atoms with Crippen molar-refractivity contribution in [1.29, 1.82) is 0 Å². The van der Waals surface area contributed by atoms with Gasteiger partial charge in [-0.2, -0.15) is 13.2 Å². The molecule has 0 aromatic heterocycles. The predicted molar refractivity (Wildman–Crippen MR) is 122 cm³/mol. The first-order valence-electron chi connectivity index (χ1n) is 10.1. The molecule has 0 radical (unpaired) electrons. The molecule has 0 aliphatic carbocycles. The van der Waals surface area contributed by atoms with E-state index in [0.717, 1.165) is 29.2 Å². The monoisotopic (exact) mass is 434 g/mol. The molecule has 1 nitrogen and oxygen atoms in total. The van der Waals surface area contributed by atoms with Crippen molar-refractivity contribution in [3.63, 3.8) is 0 Å². The fourth-order valence-corrected chi connectivity index (χ4v) is 4.82. The van der Waals surface area contributed by atoms with Crippen molar-refractivity contribution in [2.24, 2.45) is 0 Å². The van der Waals surface area contributed by atoms with E-state index in [1.54, 1.807) is 17.8 Å². The maximum absolute atomic E-state index is 13.8. The Hall–Kier alpha value is -1.72. The van der Waals surface area contributed by atoms with E-state index in [0.29, 0.717) is 5.56 Å². The third-order valence-corrected chi connectivity index (χ3v) is 7.11. The molecule has 0 bridgehead atoms. The lowest BCUT2D eigenvalue weighted by molar-refractivity contribution is -0.216. The molecular formula is C25H29F3OS. The molecule has 1 unspecified atom stereocenters. The van der Waals surface area contributed by atoms with Crippen LogP contribution in [0.2, 0.25) is 0 Å². The molecule has 1 aliphatic heterocycles. The van der Waals surface area contributed by atoms with Gasteiger partial charge in [0.2, 0.25) is 0 Å². The van der Waals surface area contributed by atoms with Crippen LogP contribution >= 0.6 is 11.8 Å². The number of thioether (sulfide) groups is 1. The van der Waals surface area contributed by atoms with E-state index in [1.165, 1.54) is 5.56 Å². The summed E-state index contributed by atoms with van der Waals surface area (Å²) in [5.74, 6) is 0. The van der Waals surface area contributed by atoms with Crippen molar-refractivity contribution in [2.45, 2.75) is 63.5 Å². The number of halogens is 3. The summed E-state index contributed by atoms with van der Waals surface area (Å²) < 4.78 is 46.2. The summed E-state index contributed by atoms with van der Waals surface area (Å²) in [6.07, 6.45) is 0.381. The predicted octanol–water partition coefficient (Wildman–Crippen LogP) is 8.20. The van der Waals surface area contributed by atoms with Crippen LogP contribution in [-0.4, -0.2) is 18.0 Å². The van der Waals surface area contributed by atoms with Gasteiger partial charge in [-0.15, -0.1) is 11.8 Å². The van der Waals surface area contributed by atoms with Gasteiger partial charge >= 0.3 is 6.18 Å². The van der Waals surface area contributed by atoms with Gasteiger partial charge in [0.15, 0.2) is 6.10 Å². The van der Waals surface area contributed by atoms with Crippen LogP contribution in [0.4, 0.5) is 13.2 Å². The van der Waals surface area contributed by atoms with Gasteiger partial charge in [-0.1, -0.05) is 51.1 Å². The number of hydrogen-bond acceptors (Lipinski definition) is 2. The number of benzene rings is 2. The SMILES string of the molecule is CCC(C)(C)c1ccc2cc(C(OC)C(F)(F)F)c(C3=CC=CC(C)(C)S3)cc2c1. The zero-order valence-corrected chi connectivity index (χ0v) is 19.2. The minimum Gasteiger partial charge on any atom is -0.367 e. The zero-order chi connectivity index (χ0) is 22.3. The first kappa shape index (κ1) is 23.0. The Bertz CT molecular complexity index is 999. The van der Waals surface area contributed by atoms with Crippen molar-refractivity contribution in [2.75, 3.05) is 7.11 Å². The second-order valence-corrected chi connectivity index (χ2v) is 10.7. The normalized spacial score (nSPS) is 17.8. The van der Waals surface area contributed by atoms with Crippen molar-refractivity contribution in [1.82, 2.24) is 0 Å². The fraction of sp³-hybridized carbons (Fsp3) is 0.440. The van der Waals surface area contributed by atoms with E-state index in [-0.39, 0.29) is 15.7 Å². The summed E-state index contributed by atoms with van der Waals surface area (Å²) in [5, 5.41) is 1.73. The summed E-state index contributed by atoms with van der Waals surface area (Å²) in [6, 6.07) is 9.58. The van der Waals surface area contributed by atoms with E-state index in [9.17, 15) is 13.2 Å². The lowest BCUT2D eigenvalue weighted by Gasteiger charge is -2.29. The van der Waals surface area contributed by atoms with E-state index in [1.807, 2.05) is 30.4 Å². The Morgan fingerprint density at radius 2 is 1.77 bits per heavy atom. The average Bonchev–Trinajstić information content (AvgIpc) is 2.65. The van der Waals surface area contributed by atoms with Gasteiger partial charge in [0.1, 0.15) is 0 Å². The van der Waals surface area contributed by atoms with Gasteiger partial charge in [0.05, 0.1) is 0 Å². The summed E-state index contributed by atoms with van der Waals surface area (Å²) in [6.45, 7) is 10.6. The summed E-state index contributed by atoms with van der Waals surface area (Å²) in [7, 11) is 1.12. The van der Waals surface area contributed by atoms with Gasteiger partial charge in [-0.05, 0) is 71.4 Å². The van der Waals surface area contributed by atoms with Crippen molar-refractivity contribution < 1.29 is 17.9 Å². The van der Waals surface area contributed by atoms with E-state index in [4.69, 9.17) is 4.74 Å². The van der Waals surface area contributed by atoms with Crippen molar-refractivity contribution in [3.05, 3.63) is 65.3 Å². The maximum atomic E-state index is 13.8. The molecular weight excluding hydrogens is 405 g/mol. The van der Waals surface area contributed by atoms with Gasteiger partial charge < -0.3 is 4.74 Å². The Balaban J connectivity index is 2.26. The highest BCUT2D eigenvalue weighted by atomic mass is 32.2. The maximum Gasteiger partial charge on any atom is 0.418 e. The minimum atomic E-state index is -4.49. The number of ether oxygens (including phenoxy) is 1. The number of fused-ring (bicyclic) bond motifs is 1. The molecule has 1 atom stereocenters. The van der Waals surface area contributed by atoms with Gasteiger partial charge in [0.25, 0.3) is 0 Å². The molecule has 1 aliphatic rings. The second-order valence-electron chi connectivity index (χ2n) is 8.99. The number of rotatable bonds is 5. The molecule has 0 saturated carbocycles. The first-order chi connectivity index (χ1) is 13.9. The van der Waals surface area contributed by atoms with Crippen LogP contribution < -0.4 is 0 Å². The number of methoxy groups -OCH3 is 1. The third kappa shape index (κ3) is 4.62. The number of hydrogen-bond donors (Lipinski definition) is 0. The topological polar surface area (TPSA) is 9.23 Å². The van der Waals surface area contributed by atoms with E-state index in [2.05, 4.69) is 46.8 Å². The quantitative estimate of drug-likeness (QED) is 0.469. The van der Waals surface area contributed by atoms with Gasteiger partial charge in [-0.25, -0.2) is 0 Å². The third-order valence-electron chi connectivity index (χ3n) is 5.87. The molecule has 0 fully saturated rings. The molecule has 30 heavy (non-hydrogen) atoms. The standard InChI is InChI=1S/C25H29F3OS/c1-7-23(2,3)18-11-10-16-14-20(22(29-6)25(26,27)28)19(15-17(16)13-18)21-9-8-12-24(4,5)30-21/h8-15,22H,7H2,1-6H3. The molecule has 5 heteroatoms. The van der Waals surface area contributed by atoms with Crippen LogP contribution in [0.1, 0.15) is 63.8 Å². The first-order valence-corrected chi connectivity index (χ1v) is 11.0. The van der Waals surface area contributed by atoms with E-state index < -0.39 is 12.3 Å². The Labute approximate surface area is 181 Å². The van der Waals surface area contributed by atoms with Gasteiger partial charge in [0, 0.05) is 16.8 Å². The van der Waals surface area contributed by atoms with Crippen molar-refractivity contribution in [3.8, 4) is 0 Å². The largest absolute Gasteiger partial charge is 0.418 e. The molecule has 1 heterocycles. The number of alkyl halides is 3. The van der Waals surface area contributed by atoms with Crippen LogP contribution in [0.25, 0.3) is 15.7 Å². The van der Waals surface area contributed by atoms with Crippen LogP contribution in [0.15, 0.2) is 48.6 Å². The zero-order valence-electron chi connectivity index (χ0n) is 18.4. The molecule has 0 amide bonds. The Morgan fingerprint density at radius 1 is 1.07 bits per heavy atom. The molecule has 0 saturated heterocycles. The summed E-state index contributed by atoms with van der Waals surface area (Å²) in [5.41, 5.74) is 1.92. The molecule has 2 aromatic rings. The molecule has 162 valence electrons. The van der Waals surface area contributed by atoms with Crippen molar-refractivity contribution >= 4 is 27.4 Å². The number of allylic oxidation sites excluding steroid dienone is 2. The van der Waals surface area contributed by atoms with E-state index >= 15 is 0 Å². The van der Waals surface area contributed by atoms with Gasteiger partial charge in [-0.3, -0.25) is 0 Å². The highest BCUT2D eigenvalue weighted by Gasteiger charge is 2.43. The highest BCUT2D eigenvalue weighted by molar-refractivity contribution is 8.09. The highest BCUT2D eigenvalue weighted by Crippen LogP contribution is 2.47. The van der Waals surface area contributed by atoms with Crippen LogP contribution in [0, 0.1) is 0 Å². The minimum absolute atomic E-state index is 0.00234. The lowest BCUT2D eigenvalue weighted by atomic mass is 9.81. The summed E-state index contributed by atoms with van der Waals surface area (Å²) in [4.78, 5) is 0.825. The van der Waals surface area contributed by atoms with Crippen LogP contribution in [0.5, 0.6) is 0 Å². The molecule has 3 rings (SSSR count). The van der Waals surface area contributed by atoms with Crippen LogP contribution in [-0.2, 0) is 10.2 Å². The molecule has 0 spiro atoms.